The lowest BCUT2D eigenvalue weighted by atomic mass is 9.89. The van der Waals surface area contributed by atoms with E-state index < -0.39 is 0 Å². The standard InChI is InChI=1S/C18H26N2/c1-18(2,15-19)11-6-7-12-20-13-10-17(14-20)16-8-4-3-5-9-16/h3-5,8-9,17H,6-7,10-14H2,1-2H3. The Balaban J connectivity index is 1.68. The molecule has 1 aliphatic rings. The Kier molecular flexibility index (Phi) is 5.20. The molecule has 1 heterocycles. The van der Waals surface area contributed by atoms with Gasteiger partial charge in [0, 0.05) is 6.54 Å². The average molecular weight is 270 g/mol. The maximum Gasteiger partial charge on any atom is 0.0683 e. The lowest BCUT2D eigenvalue weighted by Gasteiger charge is -2.18. The van der Waals surface area contributed by atoms with E-state index in [0.717, 1.165) is 12.8 Å². The molecule has 0 amide bonds. The summed E-state index contributed by atoms with van der Waals surface area (Å²) in [6, 6.07) is 13.3. The second kappa shape index (κ2) is 6.90. The highest BCUT2D eigenvalue weighted by molar-refractivity contribution is 5.20. The van der Waals surface area contributed by atoms with Crippen LogP contribution in [0.15, 0.2) is 30.3 Å². The molecule has 0 spiro atoms. The Bertz CT molecular complexity index is 444. The van der Waals surface area contributed by atoms with Crippen molar-refractivity contribution in [3.8, 4) is 6.07 Å². The van der Waals surface area contributed by atoms with Crippen LogP contribution in [0.3, 0.4) is 0 Å². The molecule has 2 heteroatoms. The Morgan fingerprint density at radius 2 is 2.00 bits per heavy atom. The van der Waals surface area contributed by atoms with Crippen LogP contribution < -0.4 is 0 Å². The summed E-state index contributed by atoms with van der Waals surface area (Å²) in [6.45, 7) is 7.68. The quantitative estimate of drug-likeness (QED) is 0.724. The summed E-state index contributed by atoms with van der Waals surface area (Å²) in [5, 5.41) is 9.01. The van der Waals surface area contributed by atoms with Crippen molar-refractivity contribution in [2.75, 3.05) is 19.6 Å². The molecule has 20 heavy (non-hydrogen) atoms. The van der Waals surface area contributed by atoms with Gasteiger partial charge in [0.05, 0.1) is 11.5 Å². The molecule has 0 bridgehead atoms. The predicted molar refractivity (Wildman–Crippen MR) is 83.5 cm³/mol. The smallest absolute Gasteiger partial charge is 0.0683 e. The molecule has 1 atom stereocenters. The van der Waals surface area contributed by atoms with Crippen molar-refractivity contribution >= 4 is 0 Å². The number of hydrogen-bond acceptors (Lipinski definition) is 2. The molecular weight excluding hydrogens is 244 g/mol. The first-order valence-corrected chi connectivity index (χ1v) is 7.79. The van der Waals surface area contributed by atoms with E-state index in [4.69, 9.17) is 5.26 Å². The monoisotopic (exact) mass is 270 g/mol. The van der Waals surface area contributed by atoms with Crippen LogP contribution in [0.2, 0.25) is 0 Å². The Morgan fingerprint density at radius 3 is 2.70 bits per heavy atom. The third-order valence-electron chi connectivity index (χ3n) is 4.37. The van der Waals surface area contributed by atoms with Gasteiger partial charge in [0.2, 0.25) is 0 Å². The number of hydrogen-bond donors (Lipinski definition) is 0. The van der Waals surface area contributed by atoms with Crippen LogP contribution in [0, 0.1) is 16.7 Å². The van der Waals surface area contributed by atoms with E-state index in [0.29, 0.717) is 5.92 Å². The molecular formula is C18H26N2. The minimum Gasteiger partial charge on any atom is -0.303 e. The molecule has 0 saturated carbocycles. The van der Waals surface area contributed by atoms with Crippen molar-refractivity contribution in [1.29, 1.82) is 5.26 Å². The molecule has 1 fully saturated rings. The largest absolute Gasteiger partial charge is 0.303 e. The number of nitriles is 1. The minimum absolute atomic E-state index is 0.155. The second-order valence-electron chi connectivity index (χ2n) is 6.65. The summed E-state index contributed by atoms with van der Waals surface area (Å²) in [7, 11) is 0. The molecule has 0 aromatic heterocycles. The fourth-order valence-electron chi connectivity index (χ4n) is 2.99. The van der Waals surface area contributed by atoms with E-state index >= 15 is 0 Å². The third kappa shape index (κ3) is 4.35. The van der Waals surface area contributed by atoms with Crippen molar-refractivity contribution in [3.05, 3.63) is 35.9 Å². The van der Waals surface area contributed by atoms with Crippen LogP contribution in [0.4, 0.5) is 0 Å². The van der Waals surface area contributed by atoms with Crippen molar-refractivity contribution in [3.63, 3.8) is 0 Å². The van der Waals surface area contributed by atoms with Gasteiger partial charge < -0.3 is 4.90 Å². The first kappa shape index (κ1) is 15.1. The van der Waals surface area contributed by atoms with Crippen molar-refractivity contribution in [2.24, 2.45) is 5.41 Å². The molecule has 0 N–H and O–H groups in total. The molecule has 0 aliphatic carbocycles. The first-order valence-electron chi connectivity index (χ1n) is 7.79. The second-order valence-corrected chi connectivity index (χ2v) is 6.65. The molecule has 1 saturated heterocycles. The zero-order valence-electron chi connectivity index (χ0n) is 12.8. The number of nitrogens with zero attached hydrogens (tertiary/aromatic N) is 2. The molecule has 108 valence electrons. The van der Waals surface area contributed by atoms with Gasteiger partial charge in [0.25, 0.3) is 0 Å². The zero-order chi connectivity index (χ0) is 14.4. The van der Waals surface area contributed by atoms with E-state index in [1.54, 1.807) is 0 Å². The fourth-order valence-corrected chi connectivity index (χ4v) is 2.99. The van der Waals surface area contributed by atoms with Gasteiger partial charge in [-0.05, 0) is 57.7 Å². The van der Waals surface area contributed by atoms with Crippen LogP contribution in [-0.2, 0) is 0 Å². The van der Waals surface area contributed by atoms with Gasteiger partial charge in [-0.2, -0.15) is 5.26 Å². The van der Waals surface area contributed by atoms with E-state index in [1.807, 2.05) is 13.8 Å². The van der Waals surface area contributed by atoms with Gasteiger partial charge in [0.1, 0.15) is 0 Å². The van der Waals surface area contributed by atoms with Crippen LogP contribution in [0.5, 0.6) is 0 Å². The van der Waals surface area contributed by atoms with Crippen molar-refractivity contribution in [1.82, 2.24) is 4.90 Å². The van der Waals surface area contributed by atoms with Gasteiger partial charge in [-0.15, -0.1) is 0 Å². The number of rotatable bonds is 6. The van der Waals surface area contributed by atoms with Crippen LogP contribution in [0.25, 0.3) is 0 Å². The Hall–Kier alpha value is -1.33. The summed E-state index contributed by atoms with van der Waals surface area (Å²) in [5.41, 5.74) is 1.33. The molecule has 1 aliphatic heterocycles. The Morgan fingerprint density at radius 1 is 1.25 bits per heavy atom. The van der Waals surface area contributed by atoms with Crippen molar-refractivity contribution in [2.45, 2.75) is 45.4 Å². The third-order valence-corrected chi connectivity index (χ3v) is 4.37. The van der Waals surface area contributed by atoms with Gasteiger partial charge in [-0.1, -0.05) is 36.8 Å². The minimum atomic E-state index is -0.155. The van der Waals surface area contributed by atoms with Gasteiger partial charge in [-0.3, -0.25) is 0 Å². The molecule has 0 radical (unpaired) electrons. The maximum absolute atomic E-state index is 9.01. The lowest BCUT2D eigenvalue weighted by molar-refractivity contribution is 0.313. The number of unbranched alkanes of at least 4 members (excludes halogenated alkanes) is 1. The fraction of sp³-hybridized carbons (Fsp3) is 0.611. The molecule has 2 rings (SSSR count). The molecule has 2 nitrogen and oxygen atoms in total. The van der Waals surface area contributed by atoms with Gasteiger partial charge in [-0.25, -0.2) is 0 Å². The molecule has 1 aromatic rings. The summed E-state index contributed by atoms with van der Waals surface area (Å²) in [6.07, 6.45) is 4.67. The highest BCUT2D eigenvalue weighted by atomic mass is 15.1. The van der Waals surface area contributed by atoms with E-state index in [2.05, 4.69) is 41.3 Å². The lowest BCUT2D eigenvalue weighted by Crippen LogP contribution is -2.22. The van der Waals surface area contributed by atoms with E-state index in [-0.39, 0.29) is 5.41 Å². The van der Waals surface area contributed by atoms with Crippen LogP contribution >= 0.6 is 0 Å². The SMILES string of the molecule is CC(C)(C#N)CCCCN1CCC(c2ccccc2)C1. The first-order chi connectivity index (χ1) is 9.61. The highest BCUT2D eigenvalue weighted by Gasteiger charge is 2.23. The van der Waals surface area contributed by atoms with Crippen molar-refractivity contribution < 1.29 is 0 Å². The summed E-state index contributed by atoms with van der Waals surface area (Å²) < 4.78 is 0. The topological polar surface area (TPSA) is 27.0 Å². The molecule has 1 unspecified atom stereocenters. The number of benzene rings is 1. The highest BCUT2D eigenvalue weighted by Crippen LogP contribution is 2.27. The van der Waals surface area contributed by atoms with E-state index in [1.165, 1.54) is 38.0 Å². The zero-order valence-corrected chi connectivity index (χ0v) is 12.8. The van der Waals surface area contributed by atoms with Crippen LogP contribution in [0.1, 0.15) is 51.0 Å². The van der Waals surface area contributed by atoms with Crippen LogP contribution in [-0.4, -0.2) is 24.5 Å². The summed E-state index contributed by atoms with van der Waals surface area (Å²) in [4.78, 5) is 2.58. The number of likely N-dealkylation sites (tertiary alicyclic amines) is 1. The summed E-state index contributed by atoms with van der Waals surface area (Å²) in [5.74, 6) is 0.715. The van der Waals surface area contributed by atoms with Gasteiger partial charge in [0.15, 0.2) is 0 Å². The maximum atomic E-state index is 9.01. The average Bonchev–Trinajstić information content (AvgIpc) is 2.93. The normalized spacial score (nSPS) is 19.9. The van der Waals surface area contributed by atoms with Gasteiger partial charge >= 0.3 is 0 Å². The Labute approximate surface area is 123 Å². The summed E-state index contributed by atoms with van der Waals surface area (Å²) >= 11 is 0. The van der Waals surface area contributed by atoms with E-state index in [9.17, 15) is 0 Å². The predicted octanol–water partition coefficient (Wildman–Crippen LogP) is 4.20. The molecule has 1 aromatic carbocycles.